The Morgan fingerprint density at radius 3 is 2.83 bits per heavy atom. The maximum absolute atomic E-state index is 12.7. The lowest BCUT2D eigenvalue weighted by Gasteiger charge is -2.24. The van der Waals surface area contributed by atoms with Crippen molar-refractivity contribution in [3.8, 4) is 11.5 Å². The molecule has 9 nitrogen and oxygen atoms in total. The van der Waals surface area contributed by atoms with Crippen molar-refractivity contribution >= 4 is 27.3 Å². The van der Waals surface area contributed by atoms with Crippen LogP contribution in [-0.4, -0.2) is 48.6 Å². The second-order valence-electron chi connectivity index (χ2n) is 7.23. The summed E-state index contributed by atoms with van der Waals surface area (Å²) < 4.78 is 38.9. The number of hydrogen-bond acceptors (Lipinski definition) is 8. The molecular formula is C19H22N4O5S2. The summed E-state index contributed by atoms with van der Waals surface area (Å²) >= 11 is 1.05. The van der Waals surface area contributed by atoms with Gasteiger partial charge in [0.25, 0.3) is 0 Å². The van der Waals surface area contributed by atoms with Crippen molar-refractivity contribution in [2.45, 2.75) is 42.9 Å². The van der Waals surface area contributed by atoms with E-state index in [1.165, 1.54) is 6.07 Å². The van der Waals surface area contributed by atoms with Gasteiger partial charge in [-0.2, -0.15) is 0 Å². The Morgan fingerprint density at radius 2 is 2.10 bits per heavy atom. The Hall–Kier alpha value is -2.50. The second-order valence-corrected chi connectivity index (χ2v) is 10.1. The molecule has 0 aromatic carbocycles. The molecule has 3 aromatic heterocycles. The summed E-state index contributed by atoms with van der Waals surface area (Å²) in [4.78, 5) is 14.2. The smallest absolute Gasteiger partial charge is 0.311 e. The number of nitrogens with zero attached hydrogens (tertiary/aromatic N) is 3. The molecule has 4 heterocycles. The number of carbonyl (C=O) groups is 1. The minimum absolute atomic E-state index is 0.0762. The van der Waals surface area contributed by atoms with Crippen LogP contribution in [0.1, 0.15) is 42.6 Å². The molecule has 4 rings (SSSR count). The highest BCUT2D eigenvalue weighted by Gasteiger charge is 2.25. The van der Waals surface area contributed by atoms with Crippen LogP contribution in [0.5, 0.6) is 0 Å². The number of thiophene rings is 1. The SMILES string of the molecule is CC(Cc1ccco1)NS(=O)(=O)c1cc(-c2nnc(C(=O)N3CCCCC3)o2)cs1. The molecule has 1 unspecified atom stereocenters. The van der Waals surface area contributed by atoms with Gasteiger partial charge in [0.05, 0.1) is 11.8 Å². The molecule has 1 saturated heterocycles. The molecule has 1 N–H and O–H groups in total. The molecule has 1 atom stereocenters. The van der Waals surface area contributed by atoms with Crippen molar-refractivity contribution in [1.82, 2.24) is 19.8 Å². The predicted molar refractivity (Wildman–Crippen MR) is 110 cm³/mol. The number of piperidine rings is 1. The fourth-order valence-electron chi connectivity index (χ4n) is 3.32. The van der Waals surface area contributed by atoms with E-state index in [0.717, 1.165) is 30.6 Å². The van der Waals surface area contributed by atoms with Crippen LogP contribution in [0.25, 0.3) is 11.5 Å². The predicted octanol–water partition coefficient (Wildman–Crippen LogP) is 2.93. The van der Waals surface area contributed by atoms with Crippen LogP contribution in [0.4, 0.5) is 0 Å². The van der Waals surface area contributed by atoms with Crippen molar-refractivity contribution < 1.29 is 22.0 Å². The fraction of sp³-hybridized carbons (Fsp3) is 0.421. The molecule has 0 bridgehead atoms. The van der Waals surface area contributed by atoms with Gasteiger partial charge >= 0.3 is 11.8 Å². The van der Waals surface area contributed by atoms with E-state index in [0.29, 0.717) is 30.8 Å². The Balaban J connectivity index is 1.44. The number of amides is 1. The van der Waals surface area contributed by atoms with Gasteiger partial charge in [-0.25, -0.2) is 13.1 Å². The molecule has 11 heteroatoms. The minimum atomic E-state index is -3.71. The van der Waals surface area contributed by atoms with Gasteiger partial charge in [-0.3, -0.25) is 4.79 Å². The molecule has 1 aliphatic rings. The third-order valence-corrected chi connectivity index (χ3v) is 7.81. The van der Waals surface area contributed by atoms with Gasteiger partial charge in [0.2, 0.25) is 15.9 Å². The number of sulfonamides is 1. The molecule has 3 aromatic rings. The number of nitrogens with one attached hydrogen (secondary N) is 1. The Kier molecular flexibility index (Phi) is 6.02. The summed E-state index contributed by atoms with van der Waals surface area (Å²) in [6, 6.07) is 4.68. The Morgan fingerprint density at radius 1 is 1.30 bits per heavy atom. The normalized spacial score (nSPS) is 16.0. The molecule has 0 aliphatic carbocycles. The molecule has 0 saturated carbocycles. The zero-order chi connectivity index (χ0) is 21.1. The van der Waals surface area contributed by atoms with Crippen LogP contribution in [0.3, 0.4) is 0 Å². The van der Waals surface area contributed by atoms with Gasteiger partial charge < -0.3 is 13.7 Å². The first-order valence-corrected chi connectivity index (χ1v) is 12.0. The summed E-state index contributed by atoms with van der Waals surface area (Å²) in [7, 11) is -3.71. The maximum atomic E-state index is 12.7. The molecule has 0 radical (unpaired) electrons. The summed E-state index contributed by atoms with van der Waals surface area (Å²) in [5, 5.41) is 9.39. The first-order chi connectivity index (χ1) is 14.4. The van der Waals surface area contributed by atoms with E-state index in [2.05, 4.69) is 14.9 Å². The average Bonchev–Trinajstić information content (AvgIpc) is 3.48. The highest BCUT2D eigenvalue weighted by Crippen LogP contribution is 2.28. The van der Waals surface area contributed by atoms with Crippen LogP contribution in [-0.2, 0) is 16.4 Å². The van der Waals surface area contributed by atoms with Crippen molar-refractivity contribution in [1.29, 1.82) is 0 Å². The zero-order valence-electron chi connectivity index (χ0n) is 16.4. The Bertz CT molecular complexity index is 1100. The zero-order valence-corrected chi connectivity index (χ0v) is 18.0. The van der Waals surface area contributed by atoms with Crippen LogP contribution in [0, 0.1) is 0 Å². The van der Waals surface area contributed by atoms with Gasteiger partial charge in [0.1, 0.15) is 9.97 Å². The van der Waals surface area contributed by atoms with Crippen LogP contribution in [0.15, 0.2) is 42.9 Å². The lowest BCUT2D eigenvalue weighted by Crippen LogP contribution is -2.35. The number of aromatic nitrogens is 2. The largest absolute Gasteiger partial charge is 0.469 e. The van der Waals surface area contributed by atoms with E-state index in [1.807, 2.05) is 0 Å². The van der Waals surface area contributed by atoms with E-state index in [-0.39, 0.29) is 27.9 Å². The highest BCUT2D eigenvalue weighted by atomic mass is 32.2. The van der Waals surface area contributed by atoms with Gasteiger partial charge in [-0.1, -0.05) is 0 Å². The fourth-order valence-corrected chi connectivity index (χ4v) is 5.74. The molecule has 1 amide bonds. The van der Waals surface area contributed by atoms with Gasteiger partial charge in [-0.15, -0.1) is 21.5 Å². The summed E-state index contributed by atoms with van der Waals surface area (Å²) in [6.07, 6.45) is 5.03. The van der Waals surface area contributed by atoms with E-state index < -0.39 is 10.0 Å². The summed E-state index contributed by atoms with van der Waals surface area (Å²) in [5.74, 6) is 0.461. The van der Waals surface area contributed by atoms with Gasteiger partial charge in [-0.05, 0) is 44.4 Å². The first-order valence-electron chi connectivity index (χ1n) is 9.69. The molecule has 1 fully saturated rings. The molecular weight excluding hydrogens is 428 g/mol. The lowest BCUT2D eigenvalue weighted by molar-refractivity contribution is 0.0684. The summed E-state index contributed by atoms with van der Waals surface area (Å²) in [6.45, 7) is 3.13. The third kappa shape index (κ3) is 4.63. The highest BCUT2D eigenvalue weighted by molar-refractivity contribution is 7.91. The first kappa shape index (κ1) is 20.8. The second kappa shape index (κ2) is 8.70. The van der Waals surface area contributed by atoms with Crippen LogP contribution in [0.2, 0.25) is 0 Å². The molecule has 160 valence electrons. The van der Waals surface area contributed by atoms with Crippen molar-refractivity contribution in [3.05, 3.63) is 41.5 Å². The topological polar surface area (TPSA) is 119 Å². The number of hydrogen-bond donors (Lipinski definition) is 1. The van der Waals surface area contributed by atoms with E-state index in [4.69, 9.17) is 8.83 Å². The van der Waals surface area contributed by atoms with Crippen molar-refractivity contribution in [2.24, 2.45) is 0 Å². The molecule has 0 spiro atoms. The quantitative estimate of drug-likeness (QED) is 0.588. The number of likely N-dealkylation sites (tertiary alicyclic amines) is 1. The number of furan rings is 1. The van der Waals surface area contributed by atoms with Crippen LogP contribution >= 0.6 is 11.3 Å². The average molecular weight is 451 g/mol. The monoisotopic (exact) mass is 450 g/mol. The standard InChI is InChI=1S/C19H22N4O5S2/c1-13(10-15-6-5-9-27-15)22-30(25,26)16-11-14(12-29-16)17-20-21-18(28-17)19(24)23-7-3-2-4-8-23/h5-6,9,11-13,22H,2-4,7-8,10H2,1H3. The van der Waals surface area contributed by atoms with E-state index >= 15 is 0 Å². The maximum Gasteiger partial charge on any atom is 0.311 e. The lowest BCUT2D eigenvalue weighted by atomic mass is 10.1. The number of rotatable bonds is 7. The van der Waals surface area contributed by atoms with Crippen molar-refractivity contribution in [3.63, 3.8) is 0 Å². The third-order valence-electron chi connectivity index (χ3n) is 4.78. The van der Waals surface area contributed by atoms with Gasteiger partial charge in [0.15, 0.2) is 0 Å². The van der Waals surface area contributed by atoms with Crippen molar-refractivity contribution in [2.75, 3.05) is 13.1 Å². The van der Waals surface area contributed by atoms with E-state index in [9.17, 15) is 13.2 Å². The molecule has 1 aliphatic heterocycles. The van der Waals surface area contributed by atoms with Crippen LogP contribution < -0.4 is 4.72 Å². The van der Waals surface area contributed by atoms with E-state index in [1.54, 1.807) is 35.6 Å². The Labute approximate surface area is 178 Å². The summed E-state index contributed by atoms with van der Waals surface area (Å²) in [5.41, 5.74) is 0.462. The number of carbonyl (C=O) groups excluding carboxylic acids is 1. The minimum Gasteiger partial charge on any atom is -0.469 e. The molecule has 30 heavy (non-hydrogen) atoms. The van der Waals surface area contributed by atoms with Gasteiger partial charge in [0, 0.05) is 30.9 Å².